The second-order valence-electron chi connectivity index (χ2n) is 8.89. The Morgan fingerprint density at radius 3 is 2.81 bits per heavy atom. The van der Waals surface area contributed by atoms with Crippen LogP contribution in [0.1, 0.15) is 44.5 Å². The molecule has 3 saturated carbocycles. The molecule has 2 aliphatic heterocycles. The standard InChI is InChI=1S/C18H24N4O2S2/c1-16(2)6-11-7-26-15(19)22-18(11,9-24-16)14-21-12(8-25-14)20-13(23)17-3-10(4-17)5-17/h8,10-11H,3-7,9H2,1-2H3,(H2,19,22)(H,20,23)/t10?,11-,17?,18-/m0/s1. The summed E-state index contributed by atoms with van der Waals surface area (Å²) in [5.41, 5.74) is 5.30. The number of carbonyl (C=O) groups is 1. The van der Waals surface area contributed by atoms with E-state index in [4.69, 9.17) is 20.4 Å². The van der Waals surface area contributed by atoms with Crippen molar-refractivity contribution in [1.82, 2.24) is 4.98 Å². The normalized spacial score (nSPS) is 39.8. The van der Waals surface area contributed by atoms with Crippen LogP contribution in [0.15, 0.2) is 10.4 Å². The smallest absolute Gasteiger partial charge is 0.231 e. The van der Waals surface area contributed by atoms with E-state index in [0.29, 0.717) is 23.5 Å². The van der Waals surface area contributed by atoms with Crippen LogP contribution in [0.3, 0.4) is 0 Å². The molecule has 1 amide bonds. The number of aliphatic imine (C=N–C) groups is 1. The molecule has 0 unspecified atom stereocenters. The molecule has 5 aliphatic rings. The van der Waals surface area contributed by atoms with Gasteiger partial charge in [-0.05, 0) is 45.4 Å². The third-order valence-electron chi connectivity index (χ3n) is 6.47. The maximum Gasteiger partial charge on any atom is 0.231 e. The number of thiazole rings is 1. The summed E-state index contributed by atoms with van der Waals surface area (Å²) >= 11 is 3.16. The van der Waals surface area contributed by atoms with Crippen molar-refractivity contribution in [2.24, 2.45) is 28.0 Å². The van der Waals surface area contributed by atoms with E-state index in [-0.39, 0.29) is 16.9 Å². The summed E-state index contributed by atoms with van der Waals surface area (Å²) in [6.45, 7) is 4.74. The van der Waals surface area contributed by atoms with Gasteiger partial charge in [-0.15, -0.1) is 11.3 Å². The van der Waals surface area contributed by atoms with Gasteiger partial charge in [-0.2, -0.15) is 0 Å². The molecule has 140 valence electrons. The van der Waals surface area contributed by atoms with Crippen LogP contribution in [-0.2, 0) is 15.1 Å². The maximum absolute atomic E-state index is 12.5. The molecule has 1 saturated heterocycles. The number of thioether (sulfide) groups is 1. The summed E-state index contributed by atoms with van der Waals surface area (Å²) < 4.78 is 6.13. The Morgan fingerprint density at radius 1 is 1.35 bits per heavy atom. The van der Waals surface area contributed by atoms with Crippen LogP contribution in [0.2, 0.25) is 0 Å². The molecule has 0 radical (unpaired) electrons. The minimum atomic E-state index is -0.519. The van der Waals surface area contributed by atoms with Crippen molar-refractivity contribution in [3.05, 3.63) is 10.4 Å². The van der Waals surface area contributed by atoms with Crippen LogP contribution in [0.5, 0.6) is 0 Å². The number of nitrogens with zero attached hydrogens (tertiary/aromatic N) is 2. The Labute approximate surface area is 161 Å². The zero-order chi connectivity index (χ0) is 18.2. The first-order chi connectivity index (χ1) is 12.3. The van der Waals surface area contributed by atoms with Crippen molar-refractivity contribution < 1.29 is 9.53 Å². The van der Waals surface area contributed by atoms with Gasteiger partial charge in [0.25, 0.3) is 0 Å². The monoisotopic (exact) mass is 392 g/mol. The largest absolute Gasteiger partial charge is 0.379 e. The third kappa shape index (κ3) is 2.45. The number of amidine groups is 1. The van der Waals surface area contributed by atoms with E-state index in [1.807, 2.05) is 5.38 Å². The highest BCUT2D eigenvalue weighted by Crippen LogP contribution is 2.64. The first-order valence-electron chi connectivity index (χ1n) is 9.20. The predicted octanol–water partition coefficient (Wildman–Crippen LogP) is 2.95. The summed E-state index contributed by atoms with van der Waals surface area (Å²) in [6, 6.07) is 0. The van der Waals surface area contributed by atoms with E-state index >= 15 is 0 Å². The molecule has 26 heavy (non-hydrogen) atoms. The second-order valence-corrected chi connectivity index (χ2v) is 10.8. The number of nitrogens with one attached hydrogen (secondary N) is 1. The van der Waals surface area contributed by atoms with Crippen LogP contribution in [0.25, 0.3) is 0 Å². The highest BCUT2D eigenvalue weighted by atomic mass is 32.2. The number of anilines is 1. The van der Waals surface area contributed by atoms with Gasteiger partial charge >= 0.3 is 0 Å². The molecule has 6 nitrogen and oxygen atoms in total. The first-order valence-corrected chi connectivity index (χ1v) is 11.1. The molecule has 2 atom stereocenters. The topological polar surface area (TPSA) is 89.6 Å². The molecule has 3 heterocycles. The molecule has 8 heteroatoms. The van der Waals surface area contributed by atoms with Gasteiger partial charge < -0.3 is 15.8 Å². The van der Waals surface area contributed by atoms with Gasteiger partial charge in [0, 0.05) is 17.1 Å². The van der Waals surface area contributed by atoms with E-state index in [0.717, 1.165) is 42.4 Å². The summed E-state index contributed by atoms with van der Waals surface area (Å²) in [4.78, 5) is 22.1. The number of aromatic nitrogens is 1. The molecule has 1 aromatic rings. The fourth-order valence-electron chi connectivity index (χ4n) is 4.80. The van der Waals surface area contributed by atoms with Crippen molar-refractivity contribution in [1.29, 1.82) is 0 Å². The molecular formula is C18H24N4O2S2. The summed E-state index contributed by atoms with van der Waals surface area (Å²) in [7, 11) is 0. The molecular weight excluding hydrogens is 368 g/mol. The van der Waals surface area contributed by atoms with Crippen LogP contribution in [0, 0.1) is 17.3 Å². The van der Waals surface area contributed by atoms with Gasteiger partial charge in [0.15, 0.2) is 5.17 Å². The van der Waals surface area contributed by atoms with Gasteiger partial charge in [0.1, 0.15) is 16.4 Å². The van der Waals surface area contributed by atoms with Crippen LogP contribution in [0.4, 0.5) is 5.82 Å². The van der Waals surface area contributed by atoms with E-state index in [2.05, 4.69) is 19.2 Å². The lowest BCUT2D eigenvalue weighted by molar-refractivity contribution is -0.158. The lowest BCUT2D eigenvalue weighted by atomic mass is 9.44. The minimum Gasteiger partial charge on any atom is -0.379 e. The average Bonchev–Trinajstić information content (AvgIpc) is 2.93. The lowest BCUT2D eigenvalue weighted by Crippen LogP contribution is -2.58. The maximum atomic E-state index is 12.5. The molecule has 2 bridgehead atoms. The molecule has 6 rings (SSSR count). The number of hydrogen-bond acceptors (Lipinski definition) is 7. The van der Waals surface area contributed by atoms with Crippen molar-refractivity contribution in [2.75, 3.05) is 17.7 Å². The number of fused-ring (bicyclic) bond motifs is 1. The SMILES string of the molecule is CC1(C)C[C@H]2CSC(N)=N[C@@]2(c2nc(NC(=O)C34CC(C3)C4)cs2)CO1. The molecule has 1 aromatic heterocycles. The highest BCUT2D eigenvalue weighted by molar-refractivity contribution is 8.13. The van der Waals surface area contributed by atoms with Crippen molar-refractivity contribution in [3.63, 3.8) is 0 Å². The number of hydrogen-bond donors (Lipinski definition) is 2. The first kappa shape index (κ1) is 17.0. The average molecular weight is 393 g/mol. The Morgan fingerprint density at radius 2 is 2.12 bits per heavy atom. The van der Waals surface area contributed by atoms with Crippen LogP contribution >= 0.6 is 23.1 Å². The molecule has 0 spiro atoms. The third-order valence-corrected chi connectivity index (χ3v) is 8.44. The summed E-state index contributed by atoms with van der Waals surface area (Å²) in [5, 5.41) is 6.46. The number of nitrogens with two attached hydrogens (primary N) is 1. The van der Waals surface area contributed by atoms with Crippen molar-refractivity contribution >= 4 is 40.0 Å². The van der Waals surface area contributed by atoms with Crippen LogP contribution < -0.4 is 11.1 Å². The fourth-order valence-corrected chi connectivity index (χ4v) is 6.75. The predicted molar refractivity (Wildman–Crippen MR) is 104 cm³/mol. The van der Waals surface area contributed by atoms with Gasteiger partial charge in [-0.3, -0.25) is 4.79 Å². The van der Waals surface area contributed by atoms with Gasteiger partial charge in [-0.1, -0.05) is 11.8 Å². The lowest BCUT2D eigenvalue weighted by Gasteiger charge is -2.59. The van der Waals surface area contributed by atoms with Crippen LogP contribution in [-0.4, -0.2) is 34.0 Å². The zero-order valence-electron chi connectivity index (χ0n) is 15.1. The van der Waals surface area contributed by atoms with Crippen molar-refractivity contribution in [2.45, 2.75) is 50.7 Å². The Hall–Kier alpha value is -1.12. The number of amides is 1. The Balaban J connectivity index is 1.41. The highest BCUT2D eigenvalue weighted by Gasteiger charge is 2.61. The van der Waals surface area contributed by atoms with E-state index in [1.165, 1.54) is 0 Å². The van der Waals surface area contributed by atoms with Gasteiger partial charge in [-0.25, -0.2) is 9.98 Å². The van der Waals surface area contributed by atoms with E-state index in [1.54, 1.807) is 23.1 Å². The van der Waals surface area contributed by atoms with E-state index in [9.17, 15) is 4.79 Å². The fraction of sp³-hybridized carbons (Fsp3) is 0.722. The quantitative estimate of drug-likeness (QED) is 0.825. The Kier molecular flexibility index (Phi) is 3.57. The molecule has 4 fully saturated rings. The molecule has 3 N–H and O–H groups in total. The van der Waals surface area contributed by atoms with E-state index < -0.39 is 5.54 Å². The molecule has 0 aromatic carbocycles. The van der Waals surface area contributed by atoms with Gasteiger partial charge in [0.2, 0.25) is 5.91 Å². The number of ether oxygens (including phenoxy) is 1. The number of carbonyl (C=O) groups excluding carboxylic acids is 1. The second kappa shape index (κ2) is 5.45. The van der Waals surface area contributed by atoms with Gasteiger partial charge in [0.05, 0.1) is 17.6 Å². The van der Waals surface area contributed by atoms with Crippen molar-refractivity contribution in [3.8, 4) is 0 Å². The Bertz CT molecular complexity index is 788. The summed E-state index contributed by atoms with van der Waals surface area (Å²) in [5.74, 6) is 2.81. The molecule has 3 aliphatic carbocycles. The minimum absolute atomic E-state index is 0.0999. The zero-order valence-corrected chi connectivity index (χ0v) is 16.7. The number of rotatable bonds is 3. The summed E-state index contributed by atoms with van der Waals surface area (Å²) in [6.07, 6.45) is 4.05.